The van der Waals surface area contributed by atoms with Gasteiger partial charge in [0.2, 0.25) is 0 Å². The average molecular weight is 397 g/mol. The lowest BCUT2D eigenvalue weighted by atomic mass is 9.88. The van der Waals surface area contributed by atoms with Crippen molar-refractivity contribution in [3.05, 3.63) is 53.1 Å². The highest BCUT2D eigenvalue weighted by atomic mass is 19.3. The van der Waals surface area contributed by atoms with E-state index < -0.39 is 53.6 Å². The number of nitrogens with zero attached hydrogens (tertiary/aromatic N) is 3. The van der Waals surface area contributed by atoms with Crippen LogP contribution in [0, 0.1) is 11.6 Å². The summed E-state index contributed by atoms with van der Waals surface area (Å²) in [5, 5.41) is 0. The third-order valence-corrected chi connectivity index (χ3v) is 4.30. The van der Waals surface area contributed by atoms with Crippen LogP contribution < -0.4 is 11.5 Å². The van der Waals surface area contributed by atoms with E-state index in [-0.39, 0.29) is 17.1 Å². The Morgan fingerprint density at radius 2 is 2.00 bits per heavy atom. The van der Waals surface area contributed by atoms with E-state index in [1.807, 2.05) is 0 Å². The number of hydrogen-bond acceptors (Lipinski definition) is 7. The van der Waals surface area contributed by atoms with Crippen LogP contribution in [0.4, 0.5) is 23.2 Å². The monoisotopic (exact) mass is 397 g/mol. The molecule has 3 heterocycles. The number of hydrogen-bond donors (Lipinski definition) is 2. The van der Waals surface area contributed by atoms with Gasteiger partial charge < -0.3 is 16.2 Å². The second kappa shape index (κ2) is 6.73. The molecule has 148 valence electrons. The molecule has 28 heavy (non-hydrogen) atoms. The molecule has 0 spiro atoms. The average Bonchev–Trinajstić information content (AvgIpc) is 2.60. The lowest BCUT2D eigenvalue weighted by Gasteiger charge is -2.36. The fourth-order valence-corrected chi connectivity index (χ4v) is 2.72. The van der Waals surface area contributed by atoms with Crippen molar-refractivity contribution < 1.29 is 27.1 Å². The first-order valence-electron chi connectivity index (χ1n) is 7.99. The van der Waals surface area contributed by atoms with Gasteiger partial charge in [-0.25, -0.2) is 18.8 Å². The summed E-state index contributed by atoms with van der Waals surface area (Å²) in [6, 6.07) is 2.45. The summed E-state index contributed by atoms with van der Waals surface area (Å²) in [7, 11) is 0. The number of amidine groups is 1. The molecule has 11 heteroatoms. The lowest BCUT2D eigenvalue weighted by Crippen LogP contribution is -2.51. The second-order valence-electron chi connectivity index (χ2n) is 6.34. The molecule has 1 aliphatic heterocycles. The number of ketones is 1. The molecule has 0 aliphatic carbocycles. The van der Waals surface area contributed by atoms with Crippen LogP contribution in [0.2, 0.25) is 0 Å². The number of anilines is 1. The Balaban J connectivity index is 1.98. The number of aliphatic imine (C=N–C) groups is 1. The fourth-order valence-electron chi connectivity index (χ4n) is 2.72. The Bertz CT molecular complexity index is 982. The van der Waals surface area contributed by atoms with E-state index >= 15 is 0 Å². The van der Waals surface area contributed by atoms with Gasteiger partial charge in [0.05, 0.1) is 18.3 Å². The number of halogens is 4. The molecule has 2 aromatic heterocycles. The number of carbonyl (C=O) groups is 1. The molecular formula is C17H15F4N5O2. The van der Waals surface area contributed by atoms with Crippen molar-refractivity contribution in [2.45, 2.75) is 24.8 Å². The Hall–Kier alpha value is -3.24. The highest BCUT2D eigenvalue weighted by Gasteiger charge is 2.57. The van der Waals surface area contributed by atoms with Crippen molar-refractivity contribution in [1.82, 2.24) is 9.97 Å². The van der Waals surface area contributed by atoms with Crippen molar-refractivity contribution in [1.29, 1.82) is 0 Å². The van der Waals surface area contributed by atoms with Crippen LogP contribution in [0.1, 0.15) is 28.8 Å². The number of aromatic nitrogens is 2. The minimum Gasteiger partial charge on any atom is -0.459 e. The summed E-state index contributed by atoms with van der Waals surface area (Å²) in [6.45, 7) is -0.127. The lowest BCUT2D eigenvalue weighted by molar-refractivity contribution is -0.118. The Morgan fingerprint density at radius 3 is 2.68 bits per heavy atom. The minimum absolute atomic E-state index is 0.0239. The number of alkyl halides is 2. The van der Waals surface area contributed by atoms with E-state index in [9.17, 15) is 22.4 Å². The number of ether oxygens (including phenoxy) is 1. The number of Topliss-reactive ketones (excluding diaryl/α,β-unsaturated/α-hetero) is 1. The van der Waals surface area contributed by atoms with E-state index in [4.69, 9.17) is 11.5 Å². The van der Waals surface area contributed by atoms with Crippen molar-refractivity contribution >= 4 is 17.5 Å². The first kappa shape index (κ1) is 19.5. The summed E-state index contributed by atoms with van der Waals surface area (Å²) >= 11 is 0. The van der Waals surface area contributed by atoms with Gasteiger partial charge in [0.1, 0.15) is 23.0 Å². The number of nitrogens with two attached hydrogens (primary N) is 2. The van der Waals surface area contributed by atoms with Crippen LogP contribution in [-0.4, -0.2) is 34.3 Å². The summed E-state index contributed by atoms with van der Waals surface area (Å²) in [5.41, 5.74) is 7.42. The third-order valence-electron chi connectivity index (χ3n) is 4.30. The SMILES string of the molecule is C[C@]1(c2nc(CC(=O)c3ncc(F)cc3N)ccc2F)N=C(N)OCC1(F)F. The van der Waals surface area contributed by atoms with Crippen LogP contribution in [0.5, 0.6) is 0 Å². The molecule has 3 rings (SSSR count). The van der Waals surface area contributed by atoms with Gasteiger partial charge in [-0.2, -0.15) is 8.78 Å². The molecule has 0 aromatic carbocycles. The van der Waals surface area contributed by atoms with Crippen molar-refractivity contribution in [3.63, 3.8) is 0 Å². The quantitative estimate of drug-likeness (QED) is 0.602. The third kappa shape index (κ3) is 3.35. The summed E-state index contributed by atoms with van der Waals surface area (Å²) in [5.74, 6) is -6.01. The predicted molar refractivity (Wildman–Crippen MR) is 90.7 cm³/mol. The van der Waals surface area contributed by atoms with Crippen molar-refractivity contribution in [3.8, 4) is 0 Å². The second-order valence-corrected chi connectivity index (χ2v) is 6.34. The van der Waals surface area contributed by atoms with Gasteiger partial charge in [0.25, 0.3) is 6.02 Å². The molecule has 4 N–H and O–H groups in total. The van der Waals surface area contributed by atoms with E-state index in [0.29, 0.717) is 0 Å². The van der Waals surface area contributed by atoms with Gasteiger partial charge in [-0.05, 0) is 19.1 Å². The first-order chi connectivity index (χ1) is 13.0. The zero-order valence-electron chi connectivity index (χ0n) is 14.5. The standard InChI is InChI=1S/C17H15F4N5O2/c1-16(17(20,21)7-28-15(23)26-16)14-10(19)3-2-9(25-14)5-12(27)13-11(22)4-8(18)6-24-13/h2-4,6H,5,7,22H2,1H3,(H2,23,26)/t16-/m1/s1. The maximum atomic E-state index is 14.4. The van der Waals surface area contributed by atoms with Crippen LogP contribution in [0.25, 0.3) is 0 Å². The van der Waals surface area contributed by atoms with E-state index in [1.54, 1.807) is 0 Å². The van der Waals surface area contributed by atoms with Crippen molar-refractivity contribution in [2.24, 2.45) is 10.7 Å². The van der Waals surface area contributed by atoms with Gasteiger partial charge in [-0.1, -0.05) is 0 Å². The summed E-state index contributed by atoms with van der Waals surface area (Å²) < 4.78 is 60.8. The zero-order valence-corrected chi connectivity index (χ0v) is 14.5. The highest BCUT2D eigenvalue weighted by molar-refractivity contribution is 5.99. The minimum atomic E-state index is -3.60. The molecule has 2 aromatic rings. The predicted octanol–water partition coefficient (Wildman–Crippen LogP) is 1.96. The summed E-state index contributed by atoms with van der Waals surface area (Å²) in [4.78, 5) is 23.4. The Labute approximate surface area is 156 Å². The van der Waals surface area contributed by atoms with Gasteiger partial charge in [-0.15, -0.1) is 0 Å². The molecule has 1 atom stereocenters. The van der Waals surface area contributed by atoms with Gasteiger partial charge in [0.15, 0.2) is 17.9 Å². The normalized spacial score (nSPS) is 21.0. The number of rotatable bonds is 4. The zero-order chi connectivity index (χ0) is 20.7. The largest absolute Gasteiger partial charge is 0.459 e. The van der Waals surface area contributed by atoms with Gasteiger partial charge in [0, 0.05) is 11.8 Å². The molecule has 0 radical (unpaired) electrons. The molecule has 0 saturated heterocycles. The smallest absolute Gasteiger partial charge is 0.311 e. The van der Waals surface area contributed by atoms with Gasteiger partial charge in [-0.3, -0.25) is 9.78 Å². The fraction of sp³-hybridized carbons (Fsp3) is 0.294. The molecule has 0 saturated carbocycles. The van der Waals surface area contributed by atoms with E-state index in [0.717, 1.165) is 31.3 Å². The number of pyridine rings is 2. The first-order valence-corrected chi connectivity index (χ1v) is 7.99. The number of carbonyl (C=O) groups excluding carboxylic acids is 1. The molecule has 0 bridgehead atoms. The Morgan fingerprint density at radius 1 is 1.29 bits per heavy atom. The maximum Gasteiger partial charge on any atom is 0.311 e. The summed E-state index contributed by atoms with van der Waals surface area (Å²) in [6.07, 6.45) is 0.391. The van der Waals surface area contributed by atoms with Crippen LogP contribution in [0.15, 0.2) is 29.4 Å². The molecule has 0 amide bonds. The molecule has 0 fully saturated rings. The molecule has 1 aliphatic rings. The van der Waals surface area contributed by atoms with Crippen LogP contribution in [-0.2, 0) is 16.7 Å². The van der Waals surface area contributed by atoms with Gasteiger partial charge >= 0.3 is 5.92 Å². The molecular weight excluding hydrogens is 382 g/mol. The van der Waals surface area contributed by atoms with E-state index in [2.05, 4.69) is 19.7 Å². The maximum absolute atomic E-state index is 14.4. The van der Waals surface area contributed by atoms with Crippen LogP contribution >= 0.6 is 0 Å². The Kier molecular flexibility index (Phi) is 4.69. The topological polar surface area (TPSA) is 116 Å². The highest BCUT2D eigenvalue weighted by Crippen LogP contribution is 2.43. The number of nitrogen functional groups attached to an aromatic ring is 1. The van der Waals surface area contributed by atoms with Crippen LogP contribution in [0.3, 0.4) is 0 Å². The molecule has 7 nitrogen and oxygen atoms in total. The van der Waals surface area contributed by atoms with E-state index in [1.165, 1.54) is 0 Å². The van der Waals surface area contributed by atoms with Crippen molar-refractivity contribution in [2.75, 3.05) is 12.3 Å². The molecule has 0 unspecified atom stereocenters.